The number of halogens is 2. The van der Waals surface area contributed by atoms with Gasteiger partial charge in [0.1, 0.15) is 18.2 Å². The van der Waals surface area contributed by atoms with Crippen LogP contribution in [-0.2, 0) is 14.4 Å². The molecule has 1 heterocycles. The largest absolute Gasteiger partial charge is 0.322 e. The van der Waals surface area contributed by atoms with Gasteiger partial charge in [-0.25, -0.2) is 8.78 Å². The van der Waals surface area contributed by atoms with E-state index in [-0.39, 0.29) is 17.5 Å². The van der Waals surface area contributed by atoms with Crippen molar-refractivity contribution in [3.63, 3.8) is 0 Å². The number of carbonyl (C=O) groups excluding carboxylic acids is 3. The van der Waals surface area contributed by atoms with Crippen molar-refractivity contribution in [3.05, 3.63) is 42.0 Å². The molecular weight excluding hydrogens is 306 g/mol. The molecule has 1 aliphatic heterocycles. The van der Waals surface area contributed by atoms with E-state index in [4.69, 9.17) is 0 Å². The second kappa shape index (κ2) is 5.91. The number of carbonyl (C=O) groups is 3. The van der Waals surface area contributed by atoms with Crippen molar-refractivity contribution in [1.29, 1.82) is 0 Å². The minimum Gasteiger partial charge on any atom is -0.322 e. The van der Waals surface area contributed by atoms with Gasteiger partial charge in [-0.2, -0.15) is 0 Å². The zero-order chi connectivity index (χ0) is 16.6. The maximum absolute atomic E-state index is 13.5. The number of benzene rings is 1. The fourth-order valence-electron chi connectivity index (χ4n) is 2.95. The third kappa shape index (κ3) is 2.86. The fourth-order valence-corrected chi connectivity index (χ4v) is 2.95. The third-order valence-electron chi connectivity index (χ3n) is 4.11. The predicted octanol–water partition coefficient (Wildman–Crippen LogP) is 1.85. The molecule has 5 nitrogen and oxygen atoms in total. The molecule has 2 atom stereocenters. The van der Waals surface area contributed by atoms with Crippen molar-refractivity contribution >= 4 is 23.4 Å². The van der Waals surface area contributed by atoms with Gasteiger partial charge in [-0.3, -0.25) is 19.3 Å². The molecule has 1 saturated heterocycles. The summed E-state index contributed by atoms with van der Waals surface area (Å²) < 4.78 is 26.3. The summed E-state index contributed by atoms with van der Waals surface area (Å²) >= 11 is 0. The molecule has 3 rings (SSSR count). The molecule has 0 radical (unpaired) electrons. The van der Waals surface area contributed by atoms with Gasteiger partial charge in [-0.05, 0) is 25.0 Å². The lowest BCUT2D eigenvalue weighted by molar-refractivity contribution is -0.142. The lowest BCUT2D eigenvalue weighted by atomic mass is 9.85. The second-order valence-corrected chi connectivity index (χ2v) is 5.59. The van der Waals surface area contributed by atoms with Crippen molar-refractivity contribution in [1.82, 2.24) is 4.90 Å². The van der Waals surface area contributed by atoms with E-state index in [0.29, 0.717) is 18.9 Å². The van der Waals surface area contributed by atoms with Crippen LogP contribution in [0.1, 0.15) is 12.8 Å². The van der Waals surface area contributed by atoms with Crippen molar-refractivity contribution in [3.8, 4) is 0 Å². The van der Waals surface area contributed by atoms with Crippen LogP contribution < -0.4 is 5.32 Å². The molecule has 1 aromatic carbocycles. The van der Waals surface area contributed by atoms with E-state index >= 15 is 0 Å². The molecule has 3 amide bonds. The smallest absolute Gasteiger partial charge is 0.244 e. The number of hydrogen-bond donors (Lipinski definition) is 1. The minimum absolute atomic E-state index is 0.199. The number of nitrogens with one attached hydrogen (secondary N) is 1. The first-order valence-corrected chi connectivity index (χ1v) is 7.22. The van der Waals surface area contributed by atoms with E-state index in [1.165, 1.54) is 0 Å². The van der Waals surface area contributed by atoms with Gasteiger partial charge in [0.2, 0.25) is 17.7 Å². The molecule has 1 aromatic rings. The highest BCUT2D eigenvalue weighted by molar-refractivity contribution is 6.08. The lowest BCUT2D eigenvalue weighted by Gasteiger charge is -2.14. The van der Waals surface area contributed by atoms with Crippen LogP contribution in [0.3, 0.4) is 0 Å². The molecule has 0 bridgehead atoms. The molecular formula is C16H14F2N2O3. The summed E-state index contributed by atoms with van der Waals surface area (Å²) in [6.07, 6.45) is 4.67. The number of imide groups is 1. The average molecular weight is 320 g/mol. The summed E-state index contributed by atoms with van der Waals surface area (Å²) in [7, 11) is 0. The van der Waals surface area contributed by atoms with E-state index in [1.807, 2.05) is 12.2 Å². The van der Waals surface area contributed by atoms with Crippen LogP contribution in [-0.4, -0.2) is 29.2 Å². The average Bonchev–Trinajstić information content (AvgIpc) is 2.76. The first-order chi connectivity index (χ1) is 11.0. The molecule has 0 saturated carbocycles. The summed E-state index contributed by atoms with van der Waals surface area (Å²) in [5, 5.41) is 2.24. The molecule has 0 aromatic heterocycles. The maximum Gasteiger partial charge on any atom is 0.244 e. The van der Waals surface area contributed by atoms with Gasteiger partial charge in [0.25, 0.3) is 0 Å². The second-order valence-electron chi connectivity index (χ2n) is 5.59. The summed E-state index contributed by atoms with van der Waals surface area (Å²) in [5.74, 6) is -3.97. The van der Waals surface area contributed by atoms with Gasteiger partial charge < -0.3 is 5.32 Å². The number of hydrogen-bond acceptors (Lipinski definition) is 3. The van der Waals surface area contributed by atoms with E-state index in [0.717, 1.165) is 17.0 Å². The molecule has 7 heteroatoms. The zero-order valence-electron chi connectivity index (χ0n) is 12.1. The predicted molar refractivity (Wildman–Crippen MR) is 77.1 cm³/mol. The minimum atomic E-state index is -0.921. The van der Waals surface area contributed by atoms with Crippen molar-refractivity contribution in [2.75, 3.05) is 11.9 Å². The Labute approximate surface area is 131 Å². The molecule has 1 N–H and O–H groups in total. The first-order valence-electron chi connectivity index (χ1n) is 7.22. The van der Waals surface area contributed by atoms with Crippen molar-refractivity contribution < 1.29 is 23.2 Å². The van der Waals surface area contributed by atoms with Gasteiger partial charge in [0.15, 0.2) is 0 Å². The number of amides is 3. The molecule has 120 valence electrons. The number of rotatable bonds is 3. The van der Waals surface area contributed by atoms with Gasteiger partial charge in [0.05, 0.1) is 17.5 Å². The van der Waals surface area contributed by atoms with Gasteiger partial charge in [0, 0.05) is 6.07 Å². The Morgan fingerprint density at radius 1 is 1.13 bits per heavy atom. The summed E-state index contributed by atoms with van der Waals surface area (Å²) in [6.45, 7) is -0.471. The van der Waals surface area contributed by atoms with Crippen LogP contribution in [0.15, 0.2) is 30.4 Å². The molecule has 1 aliphatic carbocycles. The van der Waals surface area contributed by atoms with Crippen molar-refractivity contribution in [2.45, 2.75) is 12.8 Å². The van der Waals surface area contributed by atoms with E-state index in [1.54, 1.807) is 0 Å². The Hall–Kier alpha value is -2.57. The molecule has 1 fully saturated rings. The third-order valence-corrected chi connectivity index (χ3v) is 4.11. The Morgan fingerprint density at radius 3 is 2.30 bits per heavy atom. The Balaban J connectivity index is 1.68. The van der Waals surface area contributed by atoms with Crippen LogP contribution in [0.25, 0.3) is 0 Å². The van der Waals surface area contributed by atoms with Gasteiger partial charge in [-0.15, -0.1) is 0 Å². The lowest BCUT2D eigenvalue weighted by Crippen LogP contribution is -2.38. The SMILES string of the molecule is O=C(CN1C(=O)[C@H]2CC=CC[C@@H]2C1=O)Nc1ccc(F)cc1F. The number of likely N-dealkylation sites (tertiary alicyclic amines) is 1. The van der Waals surface area contributed by atoms with Crippen LogP contribution in [0.2, 0.25) is 0 Å². The standard InChI is InChI=1S/C16H14F2N2O3/c17-9-5-6-13(12(18)7-9)19-14(21)8-20-15(22)10-3-1-2-4-11(10)16(20)23/h1-2,5-7,10-11H,3-4,8H2,(H,19,21)/t10-,11-/m0/s1. The van der Waals surface area contributed by atoms with Crippen LogP contribution in [0.4, 0.5) is 14.5 Å². The molecule has 2 aliphatic rings. The number of allylic oxidation sites excluding steroid dienone is 2. The highest BCUT2D eigenvalue weighted by atomic mass is 19.1. The first kappa shape index (κ1) is 15.3. The fraction of sp³-hybridized carbons (Fsp3) is 0.312. The Bertz CT molecular complexity index is 691. The highest BCUT2D eigenvalue weighted by Gasteiger charge is 2.47. The zero-order valence-corrected chi connectivity index (χ0v) is 12.1. The molecule has 0 spiro atoms. The summed E-state index contributed by atoms with van der Waals surface area (Å²) in [5.41, 5.74) is -0.199. The van der Waals surface area contributed by atoms with Gasteiger partial charge in [-0.1, -0.05) is 12.2 Å². The number of fused-ring (bicyclic) bond motifs is 1. The highest BCUT2D eigenvalue weighted by Crippen LogP contribution is 2.34. The molecule has 23 heavy (non-hydrogen) atoms. The van der Waals surface area contributed by atoms with Crippen LogP contribution in [0.5, 0.6) is 0 Å². The van der Waals surface area contributed by atoms with Crippen molar-refractivity contribution in [2.24, 2.45) is 11.8 Å². The monoisotopic (exact) mass is 320 g/mol. The van der Waals surface area contributed by atoms with E-state index in [9.17, 15) is 23.2 Å². The Morgan fingerprint density at radius 2 is 1.74 bits per heavy atom. The summed E-state index contributed by atoms with van der Waals surface area (Å²) in [6, 6.07) is 2.73. The van der Waals surface area contributed by atoms with Gasteiger partial charge >= 0.3 is 0 Å². The van der Waals surface area contributed by atoms with Crippen LogP contribution >= 0.6 is 0 Å². The number of nitrogens with zero attached hydrogens (tertiary/aromatic N) is 1. The summed E-state index contributed by atoms with van der Waals surface area (Å²) in [4.78, 5) is 37.3. The van der Waals surface area contributed by atoms with E-state index in [2.05, 4.69) is 5.32 Å². The number of anilines is 1. The maximum atomic E-state index is 13.5. The Kier molecular flexibility index (Phi) is 3.94. The normalized spacial score (nSPS) is 23.1. The van der Waals surface area contributed by atoms with Crippen LogP contribution in [0, 0.1) is 23.5 Å². The van der Waals surface area contributed by atoms with E-state index < -0.39 is 35.9 Å². The molecule has 0 unspecified atom stereocenters. The topological polar surface area (TPSA) is 66.5 Å². The quantitative estimate of drug-likeness (QED) is 0.683.